The van der Waals surface area contributed by atoms with E-state index in [1.165, 1.54) is 17.7 Å². The number of anilines is 1. The molecule has 8 heteroatoms. The molecular formula is C11H12N6OS. The van der Waals surface area contributed by atoms with E-state index in [0.717, 1.165) is 18.6 Å². The SMILES string of the molecule is Nc1ncnc2c1ncn2CCCn1ccsc1=O. The van der Waals surface area contributed by atoms with Gasteiger partial charge in [-0.15, -0.1) is 0 Å². The predicted octanol–water partition coefficient (Wildman–Crippen LogP) is 0.722. The van der Waals surface area contributed by atoms with Crippen molar-refractivity contribution >= 4 is 28.3 Å². The molecule has 7 nitrogen and oxygen atoms in total. The van der Waals surface area contributed by atoms with Gasteiger partial charge in [0.1, 0.15) is 11.8 Å². The van der Waals surface area contributed by atoms with E-state index in [2.05, 4.69) is 15.0 Å². The second-order valence-corrected chi connectivity index (χ2v) is 4.94. The second-order valence-electron chi connectivity index (χ2n) is 4.08. The van der Waals surface area contributed by atoms with E-state index in [9.17, 15) is 4.79 Å². The van der Waals surface area contributed by atoms with Gasteiger partial charge in [0.25, 0.3) is 0 Å². The van der Waals surface area contributed by atoms with Crippen molar-refractivity contribution in [1.82, 2.24) is 24.1 Å². The lowest BCUT2D eigenvalue weighted by Crippen LogP contribution is -2.13. The Labute approximate surface area is 112 Å². The fourth-order valence-corrected chi connectivity index (χ4v) is 2.54. The highest BCUT2D eigenvalue weighted by molar-refractivity contribution is 7.07. The van der Waals surface area contributed by atoms with E-state index in [1.807, 2.05) is 4.57 Å². The Hall–Kier alpha value is -2.22. The number of thiazole rings is 1. The Balaban J connectivity index is 1.74. The summed E-state index contributed by atoms with van der Waals surface area (Å²) in [6, 6.07) is 0. The van der Waals surface area contributed by atoms with Gasteiger partial charge in [-0.25, -0.2) is 15.0 Å². The smallest absolute Gasteiger partial charge is 0.307 e. The van der Waals surface area contributed by atoms with Crippen LogP contribution in [0.5, 0.6) is 0 Å². The van der Waals surface area contributed by atoms with Crippen molar-refractivity contribution in [2.24, 2.45) is 0 Å². The molecule has 19 heavy (non-hydrogen) atoms. The minimum Gasteiger partial charge on any atom is -0.382 e. The van der Waals surface area contributed by atoms with Gasteiger partial charge in [-0.2, -0.15) is 0 Å². The zero-order valence-corrected chi connectivity index (χ0v) is 10.9. The molecule has 0 aliphatic rings. The number of hydrogen-bond acceptors (Lipinski definition) is 6. The third kappa shape index (κ3) is 2.22. The van der Waals surface area contributed by atoms with Crippen molar-refractivity contribution in [2.45, 2.75) is 19.5 Å². The molecule has 0 aliphatic heterocycles. The minimum absolute atomic E-state index is 0.0714. The van der Waals surface area contributed by atoms with Gasteiger partial charge in [0.15, 0.2) is 11.5 Å². The lowest BCUT2D eigenvalue weighted by molar-refractivity contribution is 0.565. The van der Waals surface area contributed by atoms with Crippen molar-refractivity contribution in [3.63, 3.8) is 0 Å². The fourth-order valence-electron chi connectivity index (χ4n) is 1.93. The molecular weight excluding hydrogens is 264 g/mol. The molecule has 0 saturated carbocycles. The molecule has 3 aromatic heterocycles. The van der Waals surface area contributed by atoms with E-state index in [0.29, 0.717) is 17.9 Å². The summed E-state index contributed by atoms with van der Waals surface area (Å²) in [6.07, 6.45) is 5.76. The molecule has 0 spiro atoms. The van der Waals surface area contributed by atoms with Gasteiger partial charge in [-0.3, -0.25) is 4.79 Å². The third-order valence-electron chi connectivity index (χ3n) is 2.87. The van der Waals surface area contributed by atoms with Crippen molar-refractivity contribution < 1.29 is 0 Å². The molecule has 0 saturated heterocycles. The molecule has 0 amide bonds. The molecule has 3 rings (SSSR count). The van der Waals surface area contributed by atoms with Gasteiger partial charge in [0, 0.05) is 24.7 Å². The van der Waals surface area contributed by atoms with Crippen LogP contribution in [0, 0.1) is 0 Å². The maximum absolute atomic E-state index is 11.4. The van der Waals surface area contributed by atoms with Crippen LogP contribution >= 0.6 is 11.3 Å². The number of nitrogens with zero attached hydrogens (tertiary/aromatic N) is 5. The van der Waals surface area contributed by atoms with Crippen LogP contribution in [0.4, 0.5) is 5.82 Å². The maximum atomic E-state index is 11.4. The zero-order chi connectivity index (χ0) is 13.2. The van der Waals surface area contributed by atoms with Crippen molar-refractivity contribution in [3.05, 3.63) is 33.9 Å². The Morgan fingerprint density at radius 1 is 1.21 bits per heavy atom. The van der Waals surface area contributed by atoms with Gasteiger partial charge in [0.2, 0.25) is 0 Å². The first-order chi connectivity index (χ1) is 9.25. The fraction of sp³-hybridized carbons (Fsp3) is 0.273. The van der Waals surface area contributed by atoms with Crippen LogP contribution in [0.3, 0.4) is 0 Å². The minimum atomic E-state index is 0.0714. The number of nitrogens with two attached hydrogens (primary N) is 1. The number of nitrogen functional groups attached to an aromatic ring is 1. The van der Waals surface area contributed by atoms with Gasteiger partial charge < -0.3 is 14.9 Å². The molecule has 0 atom stereocenters. The number of fused-ring (bicyclic) bond motifs is 1. The van der Waals surface area contributed by atoms with Crippen LogP contribution < -0.4 is 10.6 Å². The molecule has 0 bridgehead atoms. The van der Waals surface area contributed by atoms with E-state index < -0.39 is 0 Å². The summed E-state index contributed by atoms with van der Waals surface area (Å²) in [5, 5.41) is 1.79. The normalized spacial score (nSPS) is 11.2. The van der Waals surface area contributed by atoms with E-state index in [-0.39, 0.29) is 4.87 Å². The number of imidazole rings is 1. The van der Waals surface area contributed by atoms with Crippen LogP contribution in [-0.4, -0.2) is 24.1 Å². The average Bonchev–Trinajstić information content (AvgIpc) is 2.98. The van der Waals surface area contributed by atoms with E-state index in [1.54, 1.807) is 22.5 Å². The summed E-state index contributed by atoms with van der Waals surface area (Å²) in [5.41, 5.74) is 7.07. The van der Waals surface area contributed by atoms with E-state index >= 15 is 0 Å². The molecule has 3 aromatic rings. The summed E-state index contributed by atoms with van der Waals surface area (Å²) in [4.78, 5) is 23.7. The van der Waals surface area contributed by atoms with Crippen LogP contribution in [0.15, 0.2) is 29.0 Å². The molecule has 2 N–H and O–H groups in total. The number of hydrogen-bond donors (Lipinski definition) is 1. The summed E-state index contributed by atoms with van der Waals surface area (Å²) < 4.78 is 3.62. The number of aromatic nitrogens is 5. The molecule has 98 valence electrons. The first-order valence-corrected chi connectivity index (χ1v) is 6.69. The summed E-state index contributed by atoms with van der Waals surface area (Å²) in [7, 11) is 0. The van der Waals surface area contributed by atoms with Gasteiger partial charge in [-0.05, 0) is 6.42 Å². The van der Waals surface area contributed by atoms with Crippen LogP contribution in [0.1, 0.15) is 6.42 Å². The first kappa shape index (κ1) is 11.8. The van der Waals surface area contributed by atoms with Crippen LogP contribution in [0.25, 0.3) is 11.2 Å². The third-order valence-corrected chi connectivity index (χ3v) is 3.57. The topological polar surface area (TPSA) is 91.6 Å². The first-order valence-electron chi connectivity index (χ1n) is 5.81. The molecule has 0 aliphatic carbocycles. The Bertz CT molecular complexity index is 758. The largest absolute Gasteiger partial charge is 0.382 e. The molecule has 0 radical (unpaired) electrons. The monoisotopic (exact) mass is 276 g/mol. The summed E-state index contributed by atoms with van der Waals surface area (Å²) in [5.74, 6) is 0.387. The average molecular weight is 276 g/mol. The maximum Gasteiger partial charge on any atom is 0.307 e. The highest BCUT2D eigenvalue weighted by Crippen LogP contribution is 2.14. The number of rotatable bonds is 4. The predicted molar refractivity (Wildman–Crippen MR) is 72.9 cm³/mol. The van der Waals surface area contributed by atoms with Gasteiger partial charge in [-0.1, -0.05) is 11.3 Å². The Morgan fingerprint density at radius 3 is 2.84 bits per heavy atom. The molecule has 0 fully saturated rings. The molecule has 0 aromatic carbocycles. The standard InChI is InChI=1S/C11H12N6OS/c12-9-8-10(14-6-13-9)17(7-15-8)3-1-2-16-4-5-19-11(16)18/h4-7H,1-3H2,(H2,12,13,14). The van der Waals surface area contributed by atoms with Gasteiger partial charge >= 0.3 is 4.87 Å². The number of aryl methyl sites for hydroxylation is 2. The molecule has 3 heterocycles. The highest BCUT2D eigenvalue weighted by Gasteiger charge is 2.07. The zero-order valence-electron chi connectivity index (χ0n) is 10.1. The van der Waals surface area contributed by atoms with Crippen LogP contribution in [-0.2, 0) is 13.1 Å². The second kappa shape index (κ2) is 4.81. The van der Waals surface area contributed by atoms with E-state index in [4.69, 9.17) is 5.73 Å². The lowest BCUT2D eigenvalue weighted by Gasteiger charge is -2.04. The van der Waals surface area contributed by atoms with Gasteiger partial charge in [0.05, 0.1) is 6.33 Å². The Kier molecular flexibility index (Phi) is 3.00. The van der Waals surface area contributed by atoms with Crippen molar-refractivity contribution in [3.8, 4) is 0 Å². The van der Waals surface area contributed by atoms with Crippen molar-refractivity contribution in [1.29, 1.82) is 0 Å². The lowest BCUT2D eigenvalue weighted by atomic mass is 10.4. The summed E-state index contributed by atoms with van der Waals surface area (Å²) in [6.45, 7) is 1.41. The summed E-state index contributed by atoms with van der Waals surface area (Å²) >= 11 is 1.21. The Morgan fingerprint density at radius 2 is 2.05 bits per heavy atom. The quantitative estimate of drug-likeness (QED) is 0.758. The highest BCUT2D eigenvalue weighted by atomic mass is 32.1. The van der Waals surface area contributed by atoms with Crippen LogP contribution in [0.2, 0.25) is 0 Å². The van der Waals surface area contributed by atoms with Crippen molar-refractivity contribution in [2.75, 3.05) is 5.73 Å². The molecule has 0 unspecified atom stereocenters.